The van der Waals surface area contributed by atoms with Gasteiger partial charge in [-0.1, -0.05) is 28.9 Å². The molecule has 1 amide bonds. The Kier molecular flexibility index (Phi) is 5.65. The van der Waals surface area contributed by atoms with Crippen LogP contribution in [0.1, 0.15) is 29.8 Å². The van der Waals surface area contributed by atoms with Crippen LogP contribution in [0.5, 0.6) is 0 Å². The third-order valence-electron chi connectivity index (χ3n) is 2.63. The minimum absolute atomic E-state index is 0.0199. The molecule has 3 nitrogen and oxygen atoms in total. The van der Waals surface area contributed by atoms with Gasteiger partial charge >= 0.3 is 0 Å². The van der Waals surface area contributed by atoms with E-state index in [1.165, 1.54) is 0 Å². The maximum absolute atomic E-state index is 12.0. The minimum Gasteiger partial charge on any atom is -0.350 e. The second kappa shape index (κ2) is 6.77. The first kappa shape index (κ1) is 14.2. The van der Waals surface area contributed by atoms with E-state index in [1.54, 1.807) is 0 Å². The first-order chi connectivity index (χ1) is 8.06. The number of rotatable bonds is 5. The van der Waals surface area contributed by atoms with Crippen LogP contribution in [0.15, 0.2) is 22.7 Å². The molecular formula is C13H19BrN2O. The lowest BCUT2D eigenvalue weighted by Crippen LogP contribution is -2.39. The number of nitrogens with one attached hydrogen (secondary N) is 2. The third-order valence-corrected chi connectivity index (χ3v) is 3.49. The predicted molar refractivity (Wildman–Crippen MR) is 74.4 cm³/mol. The molecule has 2 N–H and O–H groups in total. The van der Waals surface area contributed by atoms with Gasteiger partial charge in [0, 0.05) is 22.6 Å². The van der Waals surface area contributed by atoms with Crippen molar-refractivity contribution in [1.82, 2.24) is 10.6 Å². The van der Waals surface area contributed by atoms with Crippen molar-refractivity contribution in [3.63, 3.8) is 0 Å². The first-order valence-corrected chi connectivity index (χ1v) is 6.62. The highest BCUT2D eigenvalue weighted by Crippen LogP contribution is 2.19. The Morgan fingerprint density at radius 2 is 2.18 bits per heavy atom. The van der Waals surface area contributed by atoms with Crippen molar-refractivity contribution in [3.8, 4) is 0 Å². The Morgan fingerprint density at radius 3 is 2.82 bits per heavy atom. The van der Waals surface area contributed by atoms with Crippen LogP contribution in [0, 0.1) is 6.92 Å². The molecule has 4 heteroatoms. The summed E-state index contributed by atoms with van der Waals surface area (Å²) in [6.07, 6.45) is 0. The van der Waals surface area contributed by atoms with E-state index in [0.29, 0.717) is 6.54 Å². The summed E-state index contributed by atoms with van der Waals surface area (Å²) in [4.78, 5) is 12.0. The maximum Gasteiger partial charge on any atom is 0.251 e. The molecule has 0 saturated heterocycles. The van der Waals surface area contributed by atoms with E-state index in [0.717, 1.165) is 22.1 Å². The summed E-state index contributed by atoms with van der Waals surface area (Å²) >= 11 is 3.43. The lowest BCUT2D eigenvalue weighted by molar-refractivity contribution is 0.0949. The van der Waals surface area contributed by atoms with Gasteiger partial charge in [0.05, 0.1) is 0 Å². The highest BCUT2D eigenvalue weighted by Gasteiger charge is 2.11. The number of carbonyl (C=O) groups excluding carboxylic acids is 1. The van der Waals surface area contributed by atoms with Gasteiger partial charge in [-0.2, -0.15) is 0 Å². The van der Waals surface area contributed by atoms with Gasteiger partial charge < -0.3 is 10.6 Å². The molecule has 0 saturated carbocycles. The number of benzene rings is 1. The summed E-state index contributed by atoms with van der Waals surface area (Å²) in [6.45, 7) is 7.59. The summed E-state index contributed by atoms with van der Waals surface area (Å²) < 4.78 is 0.963. The van der Waals surface area contributed by atoms with Crippen molar-refractivity contribution in [2.75, 3.05) is 13.1 Å². The average molecular weight is 299 g/mol. The van der Waals surface area contributed by atoms with Crippen LogP contribution in [0.4, 0.5) is 0 Å². The standard InChI is InChI=1S/C13H19BrN2O/c1-4-15-9(2)8-16-13(17)11-6-5-7-12(14)10(11)3/h5-7,9,15H,4,8H2,1-3H3,(H,16,17)/t9-/m1/s1. The first-order valence-electron chi connectivity index (χ1n) is 5.83. The van der Waals surface area contributed by atoms with Gasteiger partial charge in [-0.15, -0.1) is 0 Å². The molecule has 0 spiro atoms. The Labute approximate surface area is 111 Å². The topological polar surface area (TPSA) is 41.1 Å². The lowest BCUT2D eigenvalue weighted by Gasteiger charge is -2.14. The van der Waals surface area contributed by atoms with Crippen LogP contribution >= 0.6 is 15.9 Å². The largest absolute Gasteiger partial charge is 0.350 e. The molecule has 0 fully saturated rings. The summed E-state index contributed by atoms with van der Waals surface area (Å²) in [6, 6.07) is 5.94. The summed E-state index contributed by atoms with van der Waals surface area (Å²) in [5.41, 5.74) is 1.70. The van der Waals surface area contributed by atoms with E-state index >= 15 is 0 Å². The Balaban J connectivity index is 2.61. The van der Waals surface area contributed by atoms with Crippen LogP contribution in [-0.4, -0.2) is 25.0 Å². The van der Waals surface area contributed by atoms with Crippen molar-refractivity contribution in [3.05, 3.63) is 33.8 Å². The van der Waals surface area contributed by atoms with Crippen molar-refractivity contribution in [1.29, 1.82) is 0 Å². The molecule has 0 aliphatic carbocycles. The molecule has 1 rings (SSSR count). The molecule has 1 aromatic rings. The smallest absolute Gasteiger partial charge is 0.251 e. The fraction of sp³-hybridized carbons (Fsp3) is 0.462. The fourth-order valence-corrected chi connectivity index (χ4v) is 1.98. The molecule has 17 heavy (non-hydrogen) atoms. The summed E-state index contributed by atoms with van der Waals surface area (Å²) in [7, 11) is 0. The van der Waals surface area contributed by atoms with Crippen molar-refractivity contribution in [2.24, 2.45) is 0 Å². The van der Waals surface area contributed by atoms with Crippen LogP contribution in [-0.2, 0) is 0 Å². The molecule has 1 aromatic carbocycles. The van der Waals surface area contributed by atoms with E-state index in [4.69, 9.17) is 0 Å². The molecule has 0 aliphatic rings. The van der Waals surface area contributed by atoms with Crippen molar-refractivity contribution in [2.45, 2.75) is 26.8 Å². The van der Waals surface area contributed by atoms with E-state index < -0.39 is 0 Å². The fourth-order valence-electron chi connectivity index (χ4n) is 1.62. The molecule has 0 radical (unpaired) electrons. The SMILES string of the molecule is CCN[C@H](C)CNC(=O)c1cccc(Br)c1C. The van der Waals surface area contributed by atoms with Gasteiger partial charge in [-0.25, -0.2) is 0 Å². The highest BCUT2D eigenvalue weighted by atomic mass is 79.9. The zero-order valence-electron chi connectivity index (χ0n) is 10.5. The molecule has 0 unspecified atom stereocenters. The Bertz CT molecular complexity index is 393. The van der Waals surface area contributed by atoms with E-state index in [2.05, 4.69) is 40.4 Å². The molecular weight excluding hydrogens is 280 g/mol. The summed E-state index contributed by atoms with van der Waals surface area (Å²) in [5.74, 6) is -0.0199. The molecule has 94 valence electrons. The van der Waals surface area contributed by atoms with E-state index in [1.807, 2.05) is 25.1 Å². The van der Waals surface area contributed by atoms with E-state index in [-0.39, 0.29) is 11.9 Å². The minimum atomic E-state index is -0.0199. The number of amides is 1. The predicted octanol–water partition coefficient (Wildman–Crippen LogP) is 2.49. The van der Waals surface area contributed by atoms with Crippen LogP contribution in [0.2, 0.25) is 0 Å². The van der Waals surface area contributed by atoms with Crippen molar-refractivity contribution >= 4 is 21.8 Å². The number of likely N-dealkylation sites (N-methyl/N-ethyl adjacent to an activating group) is 1. The molecule has 0 aromatic heterocycles. The van der Waals surface area contributed by atoms with Gasteiger partial charge in [-0.05, 0) is 38.1 Å². The molecule has 0 aliphatic heterocycles. The second-order valence-electron chi connectivity index (χ2n) is 4.08. The highest BCUT2D eigenvalue weighted by molar-refractivity contribution is 9.10. The Morgan fingerprint density at radius 1 is 1.47 bits per heavy atom. The second-order valence-corrected chi connectivity index (χ2v) is 4.94. The number of halogens is 1. The van der Waals surface area contributed by atoms with Gasteiger partial charge in [0.15, 0.2) is 0 Å². The van der Waals surface area contributed by atoms with Crippen LogP contribution in [0.3, 0.4) is 0 Å². The zero-order chi connectivity index (χ0) is 12.8. The normalized spacial score (nSPS) is 12.2. The molecule has 1 atom stereocenters. The third kappa shape index (κ3) is 4.13. The monoisotopic (exact) mass is 298 g/mol. The van der Waals surface area contributed by atoms with Gasteiger partial charge in [0.2, 0.25) is 0 Å². The number of carbonyl (C=O) groups is 1. The van der Waals surface area contributed by atoms with Gasteiger partial charge in [-0.3, -0.25) is 4.79 Å². The maximum atomic E-state index is 12.0. The summed E-state index contributed by atoms with van der Waals surface area (Å²) in [5, 5.41) is 6.18. The van der Waals surface area contributed by atoms with E-state index in [9.17, 15) is 4.79 Å². The molecule has 0 bridgehead atoms. The van der Waals surface area contributed by atoms with Crippen molar-refractivity contribution < 1.29 is 4.79 Å². The number of hydrogen-bond donors (Lipinski definition) is 2. The average Bonchev–Trinajstić information content (AvgIpc) is 2.30. The quantitative estimate of drug-likeness (QED) is 0.877. The van der Waals surface area contributed by atoms with Crippen LogP contribution in [0.25, 0.3) is 0 Å². The zero-order valence-corrected chi connectivity index (χ0v) is 12.1. The molecule has 0 heterocycles. The van der Waals surface area contributed by atoms with Gasteiger partial charge in [0.25, 0.3) is 5.91 Å². The van der Waals surface area contributed by atoms with Crippen LogP contribution < -0.4 is 10.6 Å². The Hall–Kier alpha value is -0.870. The number of hydrogen-bond acceptors (Lipinski definition) is 2. The van der Waals surface area contributed by atoms with Gasteiger partial charge in [0.1, 0.15) is 0 Å². The lowest BCUT2D eigenvalue weighted by atomic mass is 10.1.